The van der Waals surface area contributed by atoms with Gasteiger partial charge in [0, 0.05) is 31.6 Å². The Balaban J connectivity index is 2.17. The van der Waals surface area contributed by atoms with Crippen LogP contribution < -0.4 is 9.62 Å². The smallest absolute Gasteiger partial charge is 0.242 e. The monoisotopic (exact) mass is 493 g/mol. The number of rotatable bonds is 11. The normalized spacial score (nSPS) is 12.2. The van der Waals surface area contributed by atoms with Crippen LogP contribution in [0.25, 0.3) is 0 Å². The van der Waals surface area contributed by atoms with Crippen LogP contribution in [0.5, 0.6) is 0 Å². The first-order valence-electron chi connectivity index (χ1n) is 10.9. The number of benzene rings is 2. The molecular weight excluding hydrogens is 462 g/mol. The van der Waals surface area contributed by atoms with Gasteiger partial charge in [-0.2, -0.15) is 0 Å². The molecule has 0 aliphatic rings. The second-order valence-corrected chi connectivity index (χ2v) is 10.3. The van der Waals surface area contributed by atoms with Crippen molar-refractivity contribution >= 4 is 39.1 Å². The summed E-state index contributed by atoms with van der Waals surface area (Å²) in [6, 6.07) is 13.7. The lowest BCUT2D eigenvalue weighted by Crippen LogP contribution is -2.48. The maximum Gasteiger partial charge on any atom is 0.242 e. The Kier molecular flexibility index (Phi) is 9.73. The van der Waals surface area contributed by atoms with Crippen LogP contribution in [0, 0.1) is 6.92 Å². The number of hydrogen-bond donors (Lipinski definition) is 1. The SMILES string of the molecule is CC[C@H](C(=O)NC)N(Cc1ccc(Cl)cc1)C(=O)CCCN(c1ccc(C)cc1)S(C)(=O)=O. The molecule has 1 N–H and O–H groups in total. The fraction of sp³-hybridized carbons (Fsp3) is 0.417. The van der Waals surface area contributed by atoms with Gasteiger partial charge < -0.3 is 10.2 Å². The minimum atomic E-state index is -3.51. The first-order chi connectivity index (χ1) is 15.6. The predicted octanol–water partition coefficient (Wildman–Crippen LogP) is 3.75. The third kappa shape index (κ3) is 7.75. The molecule has 1 atom stereocenters. The van der Waals surface area contributed by atoms with Gasteiger partial charge in [-0.1, -0.05) is 48.4 Å². The average Bonchev–Trinajstić information content (AvgIpc) is 2.77. The Morgan fingerprint density at radius 2 is 1.67 bits per heavy atom. The number of anilines is 1. The molecular formula is C24H32ClN3O4S. The van der Waals surface area contributed by atoms with Crippen LogP contribution >= 0.6 is 11.6 Å². The zero-order valence-corrected chi connectivity index (χ0v) is 21.1. The highest BCUT2D eigenvalue weighted by Crippen LogP contribution is 2.20. The number of likely N-dealkylation sites (N-methyl/N-ethyl adjacent to an activating group) is 1. The molecule has 7 nitrogen and oxygen atoms in total. The van der Waals surface area contributed by atoms with Crippen molar-refractivity contribution in [2.75, 3.05) is 24.2 Å². The lowest BCUT2D eigenvalue weighted by atomic mass is 10.1. The third-order valence-electron chi connectivity index (χ3n) is 5.37. The molecule has 33 heavy (non-hydrogen) atoms. The van der Waals surface area contributed by atoms with Crippen LogP contribution in [0.3, 0.4) is 0 Å². The molecule has 0 heterocycles. The van der Waals surface area contributed by atoms with Crippen molar-refractivity contribution < 1.29 is 18.0 Å². The standard InChI is InChI=1S/C24H32ClN3O4S/c1-5-22(24(30)26-3)27(17-19-10-12-20(25)13-11-19)23(29)7-6-16-28(33(4,31)32)21-14-8-18(2)9-15-21/h8-15,22H,5-7,16-17H2,1-4H3,(H,26,30)/t22-/m1/s1. The lowest BCUT2D eigenvalue weighted by molar-refractivity contribution is -0.141. The number of nitrogens with zero attached hydrogens (tertiary/aromatic N) is 2. The summed E-state index contributed by atoms with van der Waals surface area (Å²) < 4.78 is 26.0. The van der Waals surface area contributed by atoms with E-state index >= 15 is 0 Å². The molecule has 9 heteroatoms. The van der Waals surface area contributed by atoms with Crippen LogP contribution in [0.4, 0.5) is 5.69 Å². The van der Waals surface area contributed by atoms with E-state index in [2.05, 4.69) is 5.32 Å². The summed E-state index contributed by atoms with van der Waals surface area (Å²) in [6.07, 6.45) is 2.04. The Morgan fingerprint density at radius 3 is 2.18 bits per heavy atom. The van der Waals surface area contributed by atoms with Gasteiger partial charge in [0.15, 0.2) is 0 Å². The minimum Gasteiger partial charge on any atom is -0.357 e. The Bertz CT molecular complexity index is 1040. The van der Waals surface area contributed by atoms with Crippen LogP contribution in [-0.2, 0) is 26.2 Å². The van der Waals surface area contributed by atoms with Gasteiger partial charge in [0.1, 0.15) is 6.04 Å². The second-order valence-electron chi connectivity index (χ2n) is 7.96. The number of carbonyl (C=O) groups is 2. The van der Waals surface area contributed by atoms with Gasteiger partial charge in [-0.3, -0.25) is 13.9 Å². The van der Waals surface area contributed by atoms with Crippen molar-refractivity contribution in [3.63, 3.8) is 0 Å². The largest absolute Gasteiger partial charge is 0.357 e. The minimum absolute atomic E-state index is 0.110. The molecule has 0 unspecified atom stereocenters. The first kappa shape index (κ1) is 26.7. The van der Waals surface area contributed by atoms with E-state index in [9.17, 15) is 18.0 Å². The zero-order chi connectivity index (χ0) is 24.6. The summed E-state index contributed by atoms with van der Waals surface area (Å²) in [6.45, 7) is 4.21. The van der Waals surface area contributed by atoms with Gasteiger partial charge in [-0.15, -0.1) is 0 Å². The van der Waals surface area contributed by atoms with E-state index in [1.165, 1.54) is 4.31 Å². The van der Waals surface area contributed by atoms with Crippen molar-refractivity contribution in [1.29, 1.82) is 0 Å². The van der Waals surface area contributed by atoms with Gasteiger partial charge in [-0.25, -0.2) is 8.42 Å². The first-order valence-corrected chi connectivity index (χ1v) is 13.1. The number of halogens is 1. The molecule has 2 aromatic rings. The molecule has 0 saturated heterocycles. The van der Waals surface area contributed by atoms with E-state index in [0.717, 1.165) is 17.4 Å². The number of aryl methyl sites for hydroxylation is 1. The highest BCUT2D eigenvalue weighted by Gasteiger charge is 2.28. The summed E-state index contributed by atoms with van der Waals surface area (Å²) in [5, 5.41) is 3.21. The van der Waals surface area contributed by atoms with Gasteiger partial charge >= 0.3 is 0 Å². The maximum atomic E-state index is 13.2. The van der Waals surface area contributed by atoms with Crippen LogP contribution in [0.1, 0.15) is 37.3 Å². The van der Waals surface area contributed by atoms with Gasteiger partial charge in [-0.05, 0) is 49.6 Å². The molecule has 0 aromatic heterocycles. The van der Waals surface area contributed by atoms with Gasteiger partial charge in [0.25, 0.3) is 0 Å². The number of nitrogens with one attached hydrogen (secondary N) is 1. The third-order valence-corrected chi connectivity index (χ3v) is 6.82. The zero-order valence-electron chi connectivity index (χ0n) is 19.5. The molecule has 0 fully saturated rings. The molecule has 2 amide bonds. The number of sulfonamides is 1. The summed E-state index contributed by atoms with van der Waals surface area (Å²) in [7, 11) is -1.97. The fourth-order valence-electron chi connectivity index (χ4n) is 3.59. The molecule has 0 spiro atoms. The van der Waals surface area contributed by atoms with E-state index in [1.807, 2.05) is 38.1 Å². The lowest BCUT2D eigenvalue weighted by Gasteiger charge is -2.30. The molecule has 180 valence electrons. The summed E-state index contributed by atoms with van der Waals surface area (Å²) in [4.78, 5) is 27.2. The summed E-state index contributed by atoms with van der Waals surface area (Å²) in [5.74, 6) is -0.449. The predicted molar refractivity (Wildman–Crippen MR) is 133 cm³/mol. The summed E-state index contributed by atoms with van der Waals surface area (Å²) >= 11 is 5.97. The molecule has 0 radical (unpaired) electrons. The van der Waals surface area contributed by atoms with E-state index in [-0.39, 0.29) is 31.3 Å². The highest BCUT2D eigenvalue weighted by molar-refractivity contribution is 7.92. The molecule has 2 aromatic carbocycles. The molecule has 0 aliphatic heterocycles. The van der Waals surface area contributed by atoms with Crippen molar-refractivity contribution in [3.05, 3.63) is 64.7 Å². The highest BCUT2D eigenvalue weighted by atomic mass is 35.5. The molecule has 0 aliphatic carbocycles. The maximum absolute atomic E-state index is 13.2. The van der Waals surface area contributed by atoms with Crippen molar-refractivity contribution in [3.8, 4) is 0 Å². The van der Waals surface area contributed by atoms with Gasteiger partial charge in [0.05, 0.1) is 11.9 Å². The summed E-state index contributed by atoms with van der Waals surface area (Å²) in [5.41, 5.74) is 2.44. The Labute approximate surface area is 201 Å². The number of carbonyl (C=O) groups excluding carboxylic acids is 2. The fourth-order valence-corrected chi connectivity index (χ4v) is 4.68. The molecule has 0 bridgehead atoms. The van der Waals surface area contributed by atoms with Gasteiger partial charge in [0.2, 0.25) is 21.8 Å². The quantitative estimate of drug-likeness (QED) is 0.516. The van der Waals surface area contributed by atoms with E-state index < -0.39 is 16.1 Å². The second kappa shape index (κ2) is 12.0. The number of hydrogen-bond acceptors (Lipinski definition) is 4. The molecule has 0 saturated carbocycles. The van der Waals surface area contributed by atoms with Crippen LogP contribution in [-0.4, -0.2) is 51.0 Å². The Hall–Kier alpha value is -2.58. The average molecular weight is 494 g/mol. The van der Waals surface area contributed by atoms with Crippen LogP contribution in [0.2, 0.25) is 5.02 Å². The number of amides is 2. The topological polar surface area (TPSA) is 86.8 Å². The van der Waals surface area contributed by atoms with Crippen molar-refractivity contribution in [2.24, 2.45) is 0 Å². The van der Waals surface area contributed by atoms with Crippen molar-refractivity contribution in [2.45, 2.75) is 45.7 Å². The Morgan fingerprint density at radius 1 is 1.06 bits per heavy atom. The molecule has 2 rings (SSSR count). The van der Waals surface area contributed by atoms with Crippen molar-refractivity contribution in [1.82, 2.24) is 10.2 Å². The van der Waals surface area contributed by atoms with E-state index in [1.54, 1.807) is 36.2 Å². The van der Waals surface area contributed by atoms with E-state index in [4.69, 9.17) is 11.6 Å². The van der Waals surface area contributed by atoms with Crippen LogP contribution in [0.15, 0.2) is 48.5 Å². The van der Waals surface area contributed by atoms with E-state index in [0.29, 0.717) is 23.6 Å².